The van der Waals surface area contributed by atoms with Gasteiger partial charge in [0.2, 0.25) is 5.72 Å². The average molecular weight is 320 g/mol. The second-order valence-electron chi connectivity index (χ2n) is 5.35. The van der Waals surface area contributed by atoms with Gasteiger partial charge in [0.05, 0.1) is 0 Å². The zero-order chi connectivity index (χ0) is 16.1. The van der Waals surface area contributed by atoms with Crippen molar-refractivity contribution in [3.05, 3.63) is 17.5 Å². The van der Waals surface area contributed by atoms with Crippen molar-refractivity contribution < 1.29 is 27.5 Å². The maximum atomic E-state index is 13.0. The smallest absolute Gasteiger partial charge is 0.297 e. The monoisotopic (exact) mass is 320 g/mol. The molecule has 22 heavy (non-hydrogen) atoms. The first kappa shape index (κ1) is 14.9. The molecule has 0 unspecified atom stereocenters. The number of halogens is 4. The highest BCUT2D eigenvalue weighted by atomic mass is 19.3. The van der Waals surface area contributed by atoms with Gasteiger partial charge in [0.1, 0.15) is 5.71 Å². The molecule has 2 aliphatic rings. The van der Waals surface area contributed by atoms with Gasteiger partial charge in [0.15, 0.2) is 5.69 Å². The number of nitrogens with zero attached hydrogens (tertiary/aromatic N) is 3. The fourth-order valence-corrected chi connectivity index (χ4v) is 2.26. The van der Waals surface area contributed by atoms with E-state index in [2.05, 4.69) is 15.3 Å². The Kier molecular flexibility index (Phi) is 3.42. The molecule has 1 aromatic heterocycles. The number of nitrogens with one attached hydrogen (secondary N) is 1. The van der Waals surface area contributed by atoms with Gasteiger partial charge in [-0.05, 0) is 18.9 Å². The summed E-state index contributed by atoms with van der Waals surface area (Å²) >= 11 is 0. The van der Waals surface area contributed by atoms with Crippen molar-refractivity contribution in [3.8, 4) is 0 Å². The number of hydrogen-bond acceptors (Lipinski definition) is 4. The lowest BCUT2D eigenvalue weighted by atomic mass is 10.1. The number of rotatable bonds is 4. The number of alkyl halides is 4. The molecule has 2 N–H and O–H groups in total. The SMILES string of the molecule is O=C(c1cc(C2CC2)[nH]n1)N1N=C(C(F)F)C[C@]1(O)C(F)F. The largest absolute Gasteiger partial charge is 0.364 e. The minimum atomic E-state index is -3.45. The average Bonchev–Trinajstić information content (AvgIpc) is 3.07. The fraction of sp³-hybridized carbons (Fsp3) is 0.583. The molecule has 1 atom stereocenters. The third-order valence-electron chi connectivity index (χ3n) is 3.66. The molecule has 1 saturated carbocycles. The van der Waals surface area contributed by atoms with Crippen molar-refractivity contribution in [2.24, 2.45) is 5.10 Å². The lowest BCUT2D eigenvalue weighted by molar-refractivity contribution is -0.164. The molecule has 0 aromatic carbocycles. The molecule has 0 radical (unpaired) electrons. The van der Waals surface area contributed by atoms with Crippen LogP contribution in [-0.2, 0) is 0 Å². The maximum Gasteiger partial charge on any atom is 0.297 e. The number of hydrogen-bond donors (Lipinski definition) is 2. The number of amides is 1. The summed E-state index contributed by atoms with van der Waals surface area (Å²) in [5.41, 5.74) is -3.63. The number of carbonyl (C=O) groups excluding carboxylic acids is 1. The number of aliphatic hydroxyl groups is 1. The van der Waals surface area contributed by atoms with Crippen molar-refractivity contribution in [3.63, 3.8) is 0 Å². The van der Waals surface area contributed by atoms with Crippen LogP contribution in [0.3, 0.4) is 0 Å². The van der Waals surface area contributed by atoms with Crippen LogP contribution in [0, 0.1) is 0 Å². The first-order chi connectivity index (χ1) is 10.3. The lowest BCUT2D eigenvalue weighted by Crippen LogP contribution is -2.51. The van der Waals surface area contributed by atoms with Crippen molar-refractivity contribution in [2.75, 3.05) is 0 Å². The van der Waals surface area contributed by atoms with Gasteiger partial charge in [-0.15, -0.1) is 0 Å². The van der Waals surface area contributed by atoms with Crippen LogP contribution in [0.25, 0.3) is 0 Å². The molecule has 10 heteroatoms. The Bertz CT molecular complexity index is 628. The molecule has 1 amide bonds. The Morgan fingerprint density at radius 3 is 2.64 bits per heavy atom. The molecule has 6 nitrogen and oxygen atoms in total. The first-order valence-corrected chi connectivity index (χ1v) is 6.59. The van der Waals surface area contributed by atoms with E-state index in [0.29, 0.717) is 5.69 Å². The van der Waals surface area contributed by atoms with Crippen LogP contribution in [0.5, 0.6) is 0 Å². The molecular weight excluding hydrogens is 308 g/mol. The number of aromatic amines is 1. The Hall–Kier alpha value is -1.97. The van der Waals surface area contributed by atoms with Crippen LogP contribution in [0.2, 0.25) is 0 Å². The molecule has 2 heterocycles. The van der Waals surface area contributed by atoms with Crippen molar-refractivity contribution >= 4 is 11.6 Å². The molecule has 1 aromatic rings. The second-order valence-corrected chi connectivity index (χ2v) is 5.35. The lowest BCUT2D eigenvalue weighted by Gasteiger charge is -2.29. The van der Waals surface area contributed by atoms with E-state index in [0.717, 1.165) is 12.8 Å². The quantitative estimate of drug-likeness (QED) is 0.829. The Balaban J connectivity index is 1.89. The van der Waals surface area contributed by atoms with Crippen molar-refractivity contribution in [1.82, 2.24) is 15.2 Å². The third kappa shape index (κ3) is 2.36. The number of carbonyl (C=O) groups is 1. The van der Waals surface area contributed by atoms with E-state index in [1.54, 1.807) is 0 Å². The van der Waals surface area contributed by atoms with Crippen LogP contribution in [0.15, 0.2) is 11.2 Å². The second kappa shape index (κ2) is 5.04. The normalized spacial score (nSPS) is 25.2. The van der Waals surface area contributed by atoms with E-state index in [4.69, 9.17) is 0 Å². The summed E-state index contributed by atoms with van der Waals surface area (Å²) in [5.74, 6) is -0.914. The molecule has 120 valence electrons. The van der Waals surface area contributed by atoms with E-state index in [1.807, 2.05) is 0 Å². The molecule has 1 aliphatic heterocycles. The van der Waals surface area contributed by atoms with Crippen LogP contribution in [0.4, 0.5) is 17.6 Å². The summed E-state index contributed by atoms with van der Waals surface area (Å²) in [6.07, 6.45) is -5.83. The Morgan fingerprint density at radius 1 is 1.41 bits per heavy atom. The summed E-state index contributed by atoms with van der Waals surface area (Å²) in [4.78, 5) is 12.2. The summed E-state index contributed by atoms with van der Waals surface area (Å²) in [6.45, 7) is 0. The van der Waals surface area contributed by atoms with Gasteiger partial charge >= 0.3 is 0 Å². The fourth-order valence-electron chi connectivity index (χ4n) is 2.26. The summed E-state index contributed by atoms with van der Waals surface area (Å²) in [6, 6.07) is 1.36. The van der Waals surface area contributed by atoms with E-state index in [1.165, 1.54) is 6.07 Å². The predicted octanol–water partition coefficient (Wildman–Crippen LogP) is 1.71. The van der Waals surface area contributed by atoms with Crippen molar-refractivity contribution in [2.45, 2.75) is 43.8 Å². The minimum Gasteiger partial charge on any atom is -0.364 e. The zero-order valence-electron chi connectivity index (χ0n) is 11.1. The highest BCUT2D eigenvalue weighted by Gasteiger charge is 2.53. The predicted molar refractivity (Wildman–Crippen MR) is 65.7 cm³/mol. The van der Waals surface area contributed by atoms with Gasteiger partial charge in [-0.2, -0.15) is 15.2 Å². The molecular formula is C12H12F4N4O2. The standard InChI is InChI=1S/C12H12F4N4O2/c13-9(14)8-4-12(22,11(15)16)20(19-8)10(21)7-3-6(17-18-7)5-1-2-5/h3,5,9,11,22H,1-2,4H2,(H,17,18)/t12-/m0/s1. The van der Waals surface area contributed by atoms with E-state index in [-0.39, 0.29) is 16.6 Å². The summed E-state index contributed by atoms with van der Waals surface area (Å²) in [5, 5.41) is 19.3. The van der Waals surface area contributed by atoms with Crippen LogP contribution in [0.1, 0.15) is 41.4 Å². The van der Waals surface area contributed by atoms with Crippen LogP contribution >= 0.6 is 0 Å². The van der Waals surface area contributed by atoms with Crippen LogP contribution < -0.4 is 0 Å². The van der Waals surface area contributed by atoms with Gasteiger partial charge in [0.25, 0.3) is 18.8 Å². The number of aromatic nitrogens is 2. The minimum absolute atomic E-state index is 0.00596. The van der Waals surface area contributed by atoms with Crippen molar-refractivity contribution in [1.29, 1.82) is 0 Å². The summed E-state index contributed by atoms with van der Waals surface area (Å²) < 4.78 is 51.4. The number of hydrazone groups is 1. The van der Waals surface area contributed by atoms with Gasteiger partial charge in [-0.1, -0.05) is 0 Å². The van der Waals surface area contributed by atoms with E-state index < -0.39 is 36.6 Å². The number of H-pyrrole nitrogens is 1. The molecule has 1 fully saturated rings. The molecule has 0 saturated heterocycles. The highest BCUT2D eigenvalue weighted by Crippen LogP contribution is 2.39. The van der Waals surface area contributed by atoms with Gasteiger partial charge < -0.3 is 5.11 Å². The first-order valence-electron chi connectivity index (χ1n) is 6.59. The molecule has 1 aliphatic carbocycles. The van der Waals surface area contributed by atoms with Gasteiger partial charge in [-0.3, -0.25) is 9.89 Å². The molecule has 3 rings (SSSR count). The molecule has 0 bridgehead atoms. The van der Waals surface area contributed by atoms with Gasteiger partial charge in [-0.25, -0.2) is 17.6 Å². The van der Waals surface area contributed by atoms with E-state index >= 15 is 0 Å². The summed E-state index contributed by atoms with van der Waals surface area (Å²) in [7, 11) is 0. The van der Waals surface area contributed by atoms with E-state index in [9.17, 15) is 27.5 Å². The maximum absolute atomic E-state index is 13.0. The highest BCUT2D eigenvalue weighted by molar-refractivity contribution is 5.98. The Morgan fingerprint density at radius 2 is 2.09 bits per heavy atom. The Labute approximate surface area is 121 Å². The van der Waals surface area contributed by atoms with Crippen LogP contribution in [-0.4, -0.2) is 50.5 Å². The molecule has 0 spiro atoms. The topological polar surface area (TPSA) is 81.6 Å². The van der Waals surface area contributed by atoms with Gasteiger partial charge in [0, 0.05) is 18.0 Å². The zero-order valence-corrected chi connectivity index (χ0v) is 11.1. The third-order valence-corrected chi connectivity index (χ3v) is 3.66.